The van der Waals surface area contributed by atoms with Crippen LogP contribution in [0.5, 0.6) is 0 Å². The number of hydrogen-bond acceptors (Lipinski definition) is 1. The predicted molar refractivity (Wildman–Crippen MR) is 85.4 cm³/mol. The Kier molecular flexibility index (Phi) is 4.27. The molecule has 5 atom stereocenters. The number of carbonyl (C=O) groups is 1. The minimum Gasteiger partial charge on any atom is -0.295 e. The van der Waals surface area contributed by atoms with Crippen molar-refractivity contribution in [2.24, 2.45) is 35.0 Å². The molecule has 0 saturated carbocycles. The van der Waals surface area contributed by atoms with Gasteiger partial charge < -0.3 is 0 Å². The van der Waals surface area contributed by atoms with E-state index in [2.05, 4.69) is 53.7 Å². The van der Waals surface area contributed by atoms with Gasteiger partial charge in [-0.05, 0) is 48.0 Å². The summed E-state index contributed by atoms with van der Waals surface area (Å²) in [4.78, 5) is 12.2. The summed E-state index contributed by atoms with van der Waals surface area (Å²) >= 11 is 0. The standard InChI is InChI=1S/C19H30O/c1-12-13(2)16(11-18(20)14(12)3)15(4)17-9-7-8-10-19(17,5)6/h7-8,11-15,17H,9-10H2,1-6H3. The topological polar surface area (TPSA) is 17.1 Å². The van der Waals surface area contributed by atoms with Gasteiger partial charge in [0.2, 0.25) is 0 Å². The van der Waals surface area contributed by atoms with E-state index in [-0.39, 0.29) is 5.92 Å². The lowest BCUT2D eigenvalue weighted by atomic mass is 9.61. The predicted octanol–water partition coefficient (Wildman–Crippen LogP) is 5.03. The summed E-state index contributed by atoms with van der Waals surface area (Å²) in [5.74, 6) is 2.66. The third kappa shape index (κ3) is 2.64. The normalized spacial score (nSPS) is 38.5. The fraction of sp³-hybridized carbons (Fsp3) is 0.737. The van der Waals surface area contributed by atoms with Crippen molar-refractivity contribution in [2.75, 3.05) is 0 Å². The van der Waals surface area contributed by atoms with Crippen LogP contribution in [0.1, 0.15) is 54.4 Å². The van der Waals surface area contributed by atoms with E-state index in [1.807, 2.05) is 6.08 Å². The van der Waals surface area contributed by atoms with E-state index < -0.39 is 0 Å². The van der Waals surface area contributed by atoms with Gasteiger partial charge in [0.1, 0.15) is 0 Å². The van der Waals surface area contributed by atoms with Crippen LogP contribution < -0.4 is 0 Å². The average Bonchev–Trinajstić information content (AvgIpc) is 2.39. The highest BCUT2D eigenvalue weighted by Crippen LogP contribution is 2.47. The Bertz CT molecular complexity index is 441. The molecule has 2 rings (SSSR count). The zero-order valence-corrected chi connectivity index (χ0v) is 13.9. The van der Waals surface area contributed by atoms with E-state index in [0.717, 1.165) is 12.8 Å². The van der Waals surface area contributed by atoms with Crippen molar-refractivity contribution in [3.63, 3.8) is 0 Å². The van der Waals surface area contributed by atoms with E-state index in [9.17, 15) is 4.79 Å². The van der Waals surface area contributed by atoms with Gasteiger partial charge in [0.25, 0.3) is 0 Å². The van der Waals surface area contributed by atoms with E-state index in [4.69, 9.17) is 0 Å². The second kappa shape index (κ2) is 5.50. The van der Waals surface area contributed by atoms with Crippen molar-refractivity contribution in [3.8, 4) is 0 Å². The van der Waals surface area contributed by atoms with E-state index >= 15 is 0 Å². The maximum atomic E-state index is 12.2. The first-order valence-electron chi connectivity index (χ1n) is 8.16. The molecule has 5 unspecified atom stereocenters. The van der Waals surface area contributed by atoms with Crippen LogP contribution in [-0.4, -0.2) is 5.78 Å². The van der Waals surface area contributed by atoms with Crippen molar-refractivity contribution in [3.05, 3.63) is 23.8 Å². The molecular weight excluding hydrogens is 244 g/mol. The molecule has 0 heterocycles. The Balaban J connectivity index is 2.28. The van der Waals surface area contributed by atoms with Crippen LogP contribution in [0.25, 0.3) is 0 Å². The van der Waals surface area contributed by atoms with Crippen LogP contribution in [0, 0.1) is 35.0 Å². The van der Waals surface area contributed by atoms with Crippen LogP contribution in [-0.2, 0) is 4.79 Å². The zero-order chi connectivity index (χ0) is 15.1. The molecule has 1 heteroatoms. The van der Waals surface area contributed by atoms with Crippen molar-refractivity contribution in [1.82, 2.24) is 0 Å². The molecule has 0 bridgehead atoms. The minimum atomic E-state index is 0.181. The van der Waals surface area contributed by atoms with Gasteiger partial charge in [0.05, 0.1) is 0 Å². The second-order valence-corrected chi connectivity index (χ2v) is 7.78. The maximum absolute atomic E-state index is 12.2. The first-order chi connectivity index (χ1) is 9.25. The summed E-state index contributed by atoms with van der Waals surface area (Å²) in [5, 5.41) is 0. The number of ketones is 1. The highest BCUT2D eigenvalue weighted by atomic mass is 16.1. The minimum absolute atomic E-state index is 0.181. The van der Waals surface area contributed by atoms with E-state index in [1.54, 1.807) is 0 Å². The van der Waals surface area contributed by atoms with Gasteiger partial charge in [-0.3, -0.25) is 4.79 Å². The SMILES string of the molecule is CC1C(=O)C=C(C(C)C2CC=CCC2(C)C)C(C)C1C. The van der Waals surface area contributed by atoms with Crippen molar-refractivity contribution >= 4 is 5.78 Å². The third-order valence-corrected chi connectivity index (χ3v) is 6.19. The van der Waals surface area contributed by atoms with Crippen LogP contribution >= 0.6 is 0 Å². The van der Waals surface area contributed by atoms with Gasteiger partial charge in [-0.1, -0.05) is 59.3 Å². The summed E-state index contributed by atoms with van der Waals surface area (Å²) in [6.45, 7) is 13.7. The Labute approximate surface area is 124 Å². The van der Waals surface area contributed by atoms with Gasteiger partial charge in [-0.25, -0.2) is 0 Å². The van der Waals surface area contributed by atoms with Gasteiger partial charge in [-0.2, -0.15) is 0 Å². The molecule has 0 N–H and O–H groups in total. The molecule has 112 valence electrons. The Morgan fingerprint density at radius 1 is 1.15 bits per heavy atom. The summed E-state index contributed by atoms with van der Waals surface area (Å²) in [6, 6.07) is 0. The van der Waals surface area contributed by atoms with E-state index in [0.29, 0.717) is 34.9 Å². The van der Waals surface area contributed by atoms with Gasteiger partial charge in [0.15, 0.2) is 5.78 Å². The molecule has 0 saturated heterocycles. The van der Waals surface area contributed by atoms with Crippen LogP contribution in [0.15, 0.2) is 23.8 Å². The molecule has 1 nitrogen and oxygen atoms in total. The number of carbonyl (C=O) groups excluding carboxylic acids is 1. The molecule has 20 heavy (non-hydrogen) atoms. The first kappa shape index (κ1) is 15.5. The summed E-state index contributed by atoms with van der Waals surface area (Å²) in [7, 11) is 0. The maximum Gasteiger partial charge on any atom is 0.158 e. The largest absolute Gasteiger partial charge is 0.295 e. The molecule has 0 aromatic heterocycles. The third-order valence-electron chi connectivity index (χ3n) is 6.19. The molecule has 2 aliphatic rings. The van der Waals surface area contributed by atoms with Crippen molar-refractivity contribution < 1.29 is 4.79 Å². The Morgan fingerprint density at radius 2 is 1.80 bits per heavy atom. The lowest BCUT2D eigenvalue weighted by Gasteiger charge is -2.44. The molecule has 0 aromatic rings. The quantitative estimate of drug-likeness (QED) is 0.645. The second-order valence-electron chi connectivity index (χ2n) is 7.78. The highest BCUT2D eigenvalue weighted by Gasteiger charge is 2.40. The van der Waals surface area contributed by atoms with E-state index in [1.165, 1.54) is 5.57 Å². The van der Waals surface area contributed by atoms with Crippen LogP contribution in [0.3, 0.4) is 0 Å². The summed E-state index contributed by atoms with van der Waals surface area (Å²) in [6.07, 6.45) is 8.93. The summed E-state index contributed by atoms with van der Waals surface area (Å²) < 4.78 is 0. The fourth-order valence-electron chi connectivity index (χ4n) is 4.18. The van der Waals surface area contributed by atoms with Gasteiger partial charge >= 0.3 is 0 Å². The lowest BCUT2D eigenvalue weighted by molar-refractivity contribution is -0.120. The smallest absolute Gasteiger partial charge is 0.158 e. The van der Waals surface area contributed by atoms with Crippen LogP contribution in [0.4, 0.5) is 0 Å². The molecular formula is C19H30O. The molecule has 0 radical (unpaired) electrons. The monoisotopic (exact) mass is 274 g/mol. The lowest BCUT2D eigenvalue weighted by Crippen LogP contribution is -2.37. The molecule has 0 aromatic carbocycles. The summed E-state index contributed by atoms with van der Waals surface area (Å²) in [5.41, 5.74) is 1.73. The van der Waals surface area contributed by atoms with Gasteiger partial charge in [0, 0.05) is 5.92 Å². The van der Waals surface area contributed by atoms with Crippen LogP contribution in [0.2, 0.25) is 0 Å². The molecule has 0 spiro atoms. The molecule has 0 amide bonds. The molecule has 0 fully saturated rings. The Hall–Kier alpha value is -0.850. The number of rotatable bonds is 2. The average molecular weight is 274 g/mol. The molecule has 2 aliphatic carbocycles. The van der Waals surface area contributed by atoms with Crippen molar-refractivity contribution in [2.45, 2.75) is 54.4 Å². The van der Waals surface area contributed by atoms with Gasteiger partial charge in [-0.15, -0.1) is 0 Å². The Morgan fingerprint density at radius 3 is 2.40 bits per heavy atom. The zero-order valence-electron chi connectivity index (χ0n) is 13.9. The fourth-order valence-corrected chi connectivity index (χ4v) is 4.18. The number of allylic oxidation sites excluding steroid dienone is 4. The first-order valence-corrected chi connectivity index (χ1v) is 8.16. The van der Waals surface area contributed by atoms with Crippen molar-refractivity contribution in [1.29, 1.82) is 0 Å². The molecule has 0 aliphatic heterocycles. The number of hydrogen-bond donors (Lipinski definition) is 0. The highest BCUT2D eigenvalue weighted by molar-refractivity contribution is 5.93.